The zero-order chi connectivity index (χ0) is 28.3. The number of anilines is 2. The Morgan fingerprint density at radius 1 is 1.10 bits per heavy atom. The summed E-state index contributed by atoms with van der Waals surface area (Å²) in [6, 6.07) is 14.4. The highest BCUT2D eigenvalue weighted by molar-refractivity contribution is 9.10. The molecule has 200 valence electrons. The van der Waals surface area contributed by atoms with Crippen molar-refractivity contribution in [2.75, 3.05) is 23.9 Å². The second-order valence-corrected chi connectivity index (χ2v) is 9.84. The van der Waals surface area contributed by atoms with Crippen molar-refractivity contribution in [1.82, 2.24) is 5.32 Å². The second kappa shape index (κ2) is 11.7. The third-order valence-electron chi connectivity index (χ3n) is 5.79. The fourth-order valence-corrected chi connectivity index (χ4v) is 4.65. The summed E-state index contributed by atoms with van der Waals surface area (Å²) < 4.78 is 11.6. The summed E-state index contributed by atoms with van der Waals surface area (Å²) in [5.74, 6) is -1.51. The third-order valence-corrected chi connectivity index (χ3v) is 6.79. The number of imide groups is 2. The maximum Gasteiger partial charge on any atom is 0.335 e. The minimum atomic E-state index is -0.876. The molecule has 4 rings (SSSR count). The fourth-order valence-electron chi connectivity index (χ4n) is 3.90. The van der Waals surface area contributed by atoms with E-state index in [1.54, 1.807) is 37.3 Å². The van der Waals surface area contributed by atoms with Crippen LogP contribution in [0, 0.1) is 13.8 Å². The highest BCUT2D eigenvalue weighted by Crippen LogP contribution is 2.38. The Hall–Kier alpha value is -4.15. The first-order valence-corrected chi connectivity index (χ1v) is 12.8. The smallest absolute Gasteiger partial charge is 0.335 e. The summed E-state index contributed by atoms with van der Waals surface area (Å²) in [6.07, 6.45) is 1.33. The van der Waals surface area contributed by atoms with Gasteiger partial charge in [0, 0.05) is 10.7 Å². The number of hydrogen-bond donors (Lipinski definition) is 2. The van der Waals surface area contributed by atoms with Crippen molar-refractivity contribution in [2.45, 2.75) is 13.8 Å². The van der Waals surface area contributed by atoms with Gasteiger partial charge in [0.2, 0.25) is 0 Å². The number of barbiturate groups is 1. The summed E-state index contributed by atoms with van der Waals surface area (Å²) in [7, 11) is 1.42. The predicted octanol–water partition coefficient (Wildman–Crippen LogP) is 5.41. The van der Waals surface area contributed by atoms with E-state index < -0.39 is 17.8 Å². The van der Waals surface area contributed by atoms with E-state index in [1.165, 1.54) is 19.3 Å². The van der Waals surface area contributed by atoms with Crippen molar-refractivity contribution in [2.24, 2.45) is 0 Å². The lowest BCUT2D eigenvalue weighted by Crippen LogP contribution is -2.54. The van der Waals surface area contributed by atoms with E-state index in [4.69, 9.17) is 21.1 Å². The van der Waals surface area contributed by atoms with Crippen LogP contribution < -0.4 is 25.0 Å². The lowest BCUT2D eigenvalue weighted by molar-refractivity contribution is -0.122. The van der Waals surface area contributed by atoms with E-state index in [2.05, 4.69) is 26.6 Å². The number of aryl methyl sites for hydroxylation is 1. The molecule has 0 radical (unpaired) electrons. The Balaban J connectivity index is 1.58. The zero-order valence-electron chi connectivity index (χ0n) is 21.1. The van der Waals surface area contributed by atoms with Gasteiger partial charge in [-0.3, -0.25) is 19.7 Å². The van der Waals surface area contributed by atoms with Crippen LogP contribution >= 0.6 is 27.5 Å². The molecule has 1 saturated heterocycles. The van der Waals surface area contributed by atoms with Gasteiger partial charge < -0.3 is 14.8 Å². The molecule has 1 heterocycles. The first-order chi connectivity index (χ1) is 18.6. The van der Waals surface area contributed by atoms with Crippen molar-refractivity contribution in [3.63, 3.8) is 0 Å². The van der Waals surface area contributed by atoms with Gasteiger partial charge in [-0.2, -0.15) is 0 Å². The molecule has 3 aromatic rings. The zero-order valence-corrected chi connectivity index (χ0v) is 23.5. The number of ether oxygens (including phenoxy) is 2. The molecule has 39 heavy (non-hydrogen) atoms. The van der Waals surface area contributed by atoms with Gasteiger partial charge >= 0.3 is 6.03 Å². The van der Waals surface area contributed by atoms with Crippen LogP contribution in [-0.4, -0.2) is 37.5 Å². The molecule has 9 nitrogen and oxygen atoms in total. The van der Waals surface area contributed by atoms with Gasteiger partial charge in [0.25, 0.3) is 17.7 Å². The van der Waals surface area contributed by atoms with E-state index in [-0.39, 0.29) is 35.3 Å². The molecule has 0 aliphatic carbocycles. The van der Waals surface area contributed by atoms with Crippen molar-refractivity contribution >= 4 is 68.7 Å². The Morgan fingerprint density at radius 2 is 1.85 bits per heavy atom. The average molecular weight is 613 g/mol. The number of nitrogens with zero attached hydrogens (tertiary/aromatic N) is 1. The minimum Gasteiger partial charge on any atom is -0.493 e. The number of hydrogen-bond acceptors (Lipinski definition) is 6. The highest BCUT2D eigenvalue weighted by Gasteiger charge is 2.37. The molecule has 0 bridgehead atoms. The lowest BCUT2D eigenvalue weighted by Gasteiger charge is -2.27. The van der Waals surface area contributed by atoms with Gasteiger partial charge in [-0.15, -0.1) is 0 Å². The van der Waals surface area contributed by atoms with E-state index in [1.807, 2.05) is 25.1 Å². The number of urea groups is 1. The Morgan fingerprint density at radius 3 is 2.56 bits per heavy atom. The number of nitrogens with one attached hydrogen (secondary N) is 2. The van der Waals surface area contributed by atoms with Crippen LogP contribution in [0.25, 0.3) is 6.08 Å². The van der Waals surface area contributed by atoms with Crippen LogP contribution in [0.2, 0.25) is 5.02 Å². The Kier molecular flexibility index (Phi) is 8.37. The molecule has 3 aromatic carbocycles. The fraction of sp³-hybridized carbons (Fsp3) is 0.143. The second-order valence-electron chi connectivity index (χ2n) is 8.58. The van der Waals surface area contributed by atoms with E-state index in [0.29, 0.717) is 26.3 Å². The van der Waals surface area contributed by atoms with Crippen LogP contribution in [0.15, 0.2) is 64.6 Å². The number of benzene rings is 3. The quantitative estimate of drug-likeness (QED) is 0.272. The summed E-state index contributed by atoms with van der Waals surface area (Å²) in [6.45, 7) is 3.30. The molecule has 0 aromatic heterocycles. The van der Waals surface area contributed by atoms with Crippen molar-refractivity contribution in [3.05, 3.63) is 86.4 Å². The largest absolute Gasteiger partial charge is 0.493 e. The van der Waals surface area contributed by atoms with Crippen molar-refractivity contribution in [3.8, 4) is 11.5 Å². The molecular weight excluding hydrogens is 590 g/mol. The molecule has 2 N–H and O–H groups in total. The van der Waals surface area contributed by atoms with Crippen LogP contribution in [0.5, 0.6) is 11.5 Å². The monoisotopic (exact) mass is 611 g/mol. The average Bonchev–Trinajstić information content (AvgIpc) is 2.88. The van der Waals surface area contributed by atoms with E-state index in [0.717, 1.165) is 10.5 Å². The molecule has 11 heteroatoms. The molecule has 0 saturated carbocycles. The Labute approximate surface area is 237 Å². The number of carbonyl (C=O) groups excluding carboxylic acids is 4. The van der Waals surface area contributed by atoms with Gasteiger partial charge in [0.05, 0.1) is 17.3 Å². The standard InChI is InChI=1S/C28H23BrClN3O6/c1-15-6-4-7-18(10-15)31-24(34)14-39-25-20(29)12-17(13-23(25)38-3)11-19-26(35)32-28(37)33(27(19)36)22-9-5-8-21(30)16(22)2/h4-13H,14H2,1-3H3,(H,31,34)(H,32,35,37)/b19-11+. The van der Waals surface area contributed by atoms with Crippen molar-refractivity contribution in [1.29, 1.82) is 0 Å². The summed E-state index contributed by atoms with van der Waals surface area (Å²) in [4.78, 5) is 51.7. The molecule has 1 fully saturated rings. The number of carbonyl (C=O) groups is 4. The van der Waals surface area contributed by atoms with Gasteiger partial charge in [0.1, 0.15) is 5.57 Å². The minimum absolute atomic E-state index is 0.252. The van der Waals surface area contributed by atoms with Crippen molar-refractivity contribution < 1.29 is 28.7 Å². The molecule has 0 atom stereocenters. The summed E-state index contributed by atoms with van der Waals surface area (Å²) in [5.41, 5.74) is 2.55. The van der Waals surface area contributed by atoms with Gasteiger partial charge in [-0.1, -0.05) is 29.8 Å². The first-order valence-electron chi connectivity index (χ1n) is 11.6. The molecule has 0 unspecified atom stereocenters. The summed E-state index contributed by atoms with van der Waals surface area (Å²) >= 11 is 9.58. The van der Waals surface area contributed by atoms with Gasteiger partial charge in [0.15, 0.2) is 18.1 Å². The highest BCUT2D eigenvalue weighted by atomic mass is 79.9. The maximum absolute atomic E-state index is 13.3. The Bertz CT molecular complexity index is 1540. The number of methoxy groups -OCH3 is 1. The molecule has 5 amide bonds. The topological polar surface area (TPSA) is 114 Å². The number of rotatable bonds is 7. The number of amides is 5. The normalized spacial score (nSPS) is 14.3. The van der Waals surface area contributed by atoms with Crippen LogP contribution in [0.4, 0.5) is 16.2 Å². The summed E-state index contributed by atoms with van der Waals surface area (Å²) in [5, 5.41) is 5.32. The molecule has 0 spiro atoms. The van der Waals surface area contributed by atoms with Gasteiger partial charge in [-0.25, -0.2) is 9.69 Å². The maximum atomic E-state index is 13.3. The lowest BCUT2D eigenvalue weighted by atomic mass is 10.1. The molecule has 1 aliphatic rings. The van der Waals surface area contributed by atoms with Gasteiger partial charge in [-0.05, 0) is 88.9 Å². The van der Waals surface area contributed by atoms with E-state index in [9.17, 15) is 19.2 Å². The molecular formula is C28H23BrClN3O6. The van der Waals surface area contributed by atoms with E-state index >= 15 is 0 Å². The van der Waals surface area contributed by atoms with Crippen LogP contribution in [-0.2, 0) is 14.4 Å². The first kappa shape index (κ1) is 27.9. The predicted molar refractivity (Wildman–Crippen MR) is 151 cm³/mol. The molecule has 1 aliphatic heterocycles. The van der Waals surface area contributed by atoms with Crippen LogP contribution in [0.3, 0.4) is 0 Å². The SMILES string of the molecule is COc1cc(/C=C2\C(=O)NC(=O)N(c3cccc(Cl)c3C)C2=O)cc(Br)c1OCC(=O)Nc1cccc(C)c1. The third kappa shape index (κ3) is 6.13. The van der Waals surface area contributed by atoms with Crippen LogP contribution in [0.1, 0.15) is 16.7 Å². The number of halogens is 2.